The lowest BCUT2D eigenvalue weighted by molar-refractivity contribution is -0.710. The Morgan fingerprint density at radius 2 is 1.48 bits per heavy atom. The van der Waals surface area contributed by atoms with Crippen LogP contribution in [0.25, 0.3) is 0 Å². The Hall–Kier alpha value is -0.843. The summed E-state index contributed by atoms with van der Waals surface area (Å²) in [6, 6.07) is 5.96. The van der Waals surface area contributed by atoms with Crippen LogP contribution in [0.1, 0.15) is 19.0 Å². The maximum atomic E-state index is 9.08. The van der Waals surface area contributed by atoms with Crippen LogP contribution in [0.15, 0.2) is 30.6 Å². The summed E-state index contributed by atoms with van der Waals surface area (Å²) in [5.74, 6) is 0. The van der Waals surface area contributed by atoms with Crippen LogP contribution >= 0.6 is 0 Å². The van der Waals surface area contributed by atoms with Gasteiger partial charge in [0.05, 0.1) is 10.1 Å². The standard InChI is InChI=1S/C11H20NO3Si.CH4O3S/c1-5-11(12-9-7-6-8-10-12)16(13-2,14-3)15-4;1-5(2,3)4/h6-11H,5H2,1-4H3;1H3,(H,2,3,4)/q+1;/p-1. The molecule has 0 N–H and O–H groups in total. The van der Waals surface area contributed by atoms with Crippen LogP contribution in [0, 0.1) is 0 Å². The summed E-state index contributed by atoms with van der Waals surface area (Å²) >= 11 is 0. The molecule has 1 aromatic heterocycles. The number of hydrogen-bond donors (Lipinski definition) is 0. The first-order valence-corrected chi connectivity index (χ1v) is 9.88. The fourth-order valence-electron chi connectivity index (χ4n) is 1.92. The largest absolute Gasteiger partial charge is 0.748 e. The van der Waals surface area contributed by atoms with E-state index in [9.17, 15) is 0 Å². The summed E-state index contributed by atoms with van der Waals surface area (Å²) in [7, 11) is -1.61. The van der Waals surface area contributed by atoms with Gasteiger partial charge < -0.3 is 17.8 Å². The number of pyridine rings is 1. The molecule has 0 aliphatic rings. The molecule has 1 atom stereocenters. The molecule has 0 radical (unpaired) electrons. The Labute approximate surface area is 127 Å². The number of hydrogen-bond acceptors (Lipinski definition) is 6. The lowest BCUT2D eigenvalue weighted by Gasteiger charge is -2.27. The van der Waals surface area contributed by atoms with Crippen molar-refractivity contribution in [1.29, 1.82) is 0 Å². The van der Waals surface area contributed by atoms with Gasteiger partial charge >= 0.3 is 8.80 Å². The van der Waals surface area contributed by atoms with E-state index in [0.717, 1.165) is 6.42 Å². The van der Waals surface area contributed by atoms with Crippen LogP contribution in [0.5, 0.6) is 0 Å². The predicted molar refractivity (Wildman–Crippen MR) is 78.4 cm³/mol. The Kier molecular flexibility index (Phi) is 8.86. The van der Waals surface area contributed by atoms with Gasteiger partial charge in [0.15, 0.2) is 12.4 Å². The van der Waals surface area contributed by atoms with Crippen molar-refractivity contribution >= 4 is 18.9 Å². The van der Waals surface area contributed by atoms with Crippen LogP contribution in [-0.2, 0) is 23.4 Å². The molecule has 1 aromatic rings. The molecule has 0 saturated heterocycles. The van der Waals surface area contributed by atoms with Gasteiger partial charge in [0, 0.05) is 46.1 Å². The molecule has 1 rings (SSSR count). The van der Waals surface area contributed by atoms with E-state index in [1.807, 2.05) is 30.6 Å². The summed E-state index contributed by atoms with van der Waals surface area (Å²) in [5, 5.41) is 0. The van der Waals surface area contributed by atoms with E-state index in [0.29, 0.717) is 6.26 Å². The SMILES string of the molecule is CCC([n+]1ccccc1)[Si](OC)(OC)OC.CS(=O)(=O)[O-]. The van der Waals surface area contributed by atoms with E-state index in [4.69, 9.17) is 26.2 Å². The van der Waals surface area contributed by atoms with Gasteiger partial charge in [-0.05, 0) is 0 Å². The first-order chi connectivity index (χ1) is 9.74. The molecule has 1 unspecified atom stereocenters. The molecular formula is C12H23NO6SSi. The average Bonchev–Trinajstić information content (AvgIpc) is 2.44. The van der Waals surface area contributed by atoms with Crippen molar-refractivity contribution in [2.24, 2.45) is 0 Å². The molecule has 0 amide bonds. The average molecular weight is 337 g/mol. The summed E-state index contributed by atoms with van der Waals surface area (Å²) in [6.07, 6.45) is 5.52. The minimum Gasteiger partial charge on any atom is -0.748 e. The Bertz CT molecular complexity index is 475. The maximum Gasteiger partial charge on any atom is 0.572 e. The minimum absolute atomic E-state index is 0.105. The normalized spacial score (nSPS) is 13.2. The highest BCUT2D eigenvalue weighted by Crippen LogP contribution is 2.21. The molecule has 1 heterocycles. The second-order valence-corrected chi connectivity index (χ2v) is 8.67. The van der Waals surface area contributed by atoms with Crippen molar-refractivity contribution in [3.63, 3.8) is 0 Å². The lowest BCUT2D eigenvalue weighted by Crippen LogP contribution is -2.60. The monoisotopic (exact) mass is 337 g/mol. The molecule has 122 valence electrons. The van der Waals surface area contributed by atoms with Gasteiger partial charge in [-0.3, -0.25) is 0 Å². The second-order valence-electron chi connectivity index (χ2n) is 4.17. The molecule has 9 heteroatoms. The van der Waals surface area contributed by atoms with Crippen LogP contribution in [0.4, 0.5) is 0 Å². The molecule has 0 saturated carbocycles. The highest BCUT2D eigenvalue weighted by Gasteiger charge is 2.53. The van der Waals surface area contributed by atoms with Crippen molar-refractivity contribution in [3.05, 3.63) is 30.6 Å². The molecule has 0 fully saturated rings. The van der Waals surface area contributed by atoms with Gasteiger partial charge in [-0.2, -0.15) is 4.57 Å². The van der Waals surface area contributed by atoms with Gasteiger partial charge in [-0.25, -0.2) is 8.42 Å². The second kappa shape index (κ2) is 9.23. The first kappa shape index (κ1) is 20.2. The smallest absolute Gasteiger partial charge is 0.572 e. The van der Waals surface area contributed by atoms with Gasteiger partial charge in [0.1, 0.15) is 0 Å². The van der Waals surface area contributed by atoms with E-state index < -0.39 is 18.9 Å². The van der Waals surface area contributed by atoms with Crippen molar-refractivity contribution in [3.8, 4) is 0 Å². The summed E-state index contributed by atoms with van der Waals surface area (Å²) < 4.78 is 45.9. The van der Waals surface area contributed by atoms with Gasteiger partial charge in [-0.15, -0.1) is 0 Å². The van der Waals surface area contributed by atoms with Gasteiger partial charge in [0.25, 0.3) is 0 Å². The third kappa shape index (κ3) is 7.11. The summed E-state index contributed by atoms with van der Waals surface area (Å²) in [4.78, 5) is 0. The van der Waals surface area contributed by atoms with Crippen LogP contribution in [0.2, 0.25) is 0 Å². The van der Waals surface area contributed by atoms with E-state index in [-0.39, 0.29) is 5.67 Å². The molecular weight excluding hydrogens is 314 g/mol. The highest BCUT2D eigenvalue weighted by molar-refractivity contribution is 7.84. The third-order valence-corrected chi connectivity index (χ3v) is 5.98. The Morgan fingerprint density at radius 1 is 1.10 bits per heavy atom. The number of nitrogens with zero attached hydrogens (tertiary/aromatic N) is 1. The molecule has 7 nitrogen and oxygen atoms in total. The molecule has 0 aromatic carbocycles. The van der Waals surface area contributed by atoms with Crippen molar-refractivity contribution in [2.75, 3.05) is 27.6 Å². The van der Waals surface area contributed by atoms with Gasteiger partial charge in [0.2, 0.25) is 5.67 Å². The number of rotatable bonds is 6. The summed E-state index contributed by atoms with van der Waals surface area (Å²) in [5.41, 5.74) is 0.105. The molecule has 0 spiro atoms. The predicted octanol–water partition coefficient (Wildman–Crippen LogP) is 0.504. The van der Waals surface area contributed by atoms with Crippen LogP contribution in [-0.4, -0.2) is 49.4 Å². The molecule has 0 aliphatic heterocycles. The Balaban J connectivity index is 0.000000690. The highest BCUT2D eigenvalue weighted by atomic mass is 32.2. The summed E-state index contributed by atoms with van der Waals surface area (Å²) in [6.45, 7) is 2.10. The van der Waals surface area contributed by atoms with Gasteiger partial charge in [-0.1, -0.05) is 13.0 Å². The van der Waals surface area contributed by atoms with E-state index >= 15 is 0 Å². The Morgan fingerprint density at radius 3 is 1.76 bits per heavy atom. The molecule has 0 bridgehead atoms. The number of aromatic nitrogens is 1. The topological polar surface area (TPSA) is 88.8 Å². The van der Waals surface area contributed by atoms with Crippen LogP contribution in [0.3, 0.4) is 0 Å². The van der Waals surface area contributed by atoms with E-state index in [1.165, 1.54) is 0 Å². The van der Waals surface area contributed by atoms with Crippen LogP contribution < -0.4 is 4.57 Å². The van der Waals surface area contributed by atoms with Crippen molar-refractivity contribution in [2.45, 2.75) is 19.0 Å². The fraction of sp³-hybridized carbons (Fsp3) is 0.583. The zero-order valence-corrected chi connectivity index (χ0v) is 14.8. The third-order valence-electron chi connectivity index (χ3n) is 2.75. The fourth-order valence-corrected chi connectivity index (χ4v) is 4.27. The zero-order valence-electron chi connectivity index (χ0n) is 13.0. The minimum atomic E-state index is -3.92. The molecule has 21 heavy (non-hydrogen) atoms. The van der Waals surface area contributed by atoms with Crippen molar-refractivity contribution in [1.82, 2.24) is 0 Å². The quantitative estimate of drug-likeness (QED) is 0.427. The lowest BCUT2D eigenvalue weighted by atomic mass is 10.4. The zero-order chi connectivity index (χ0) is 16.5. The molecule has 0 aliphatic carbocycles. The maximum absolute atomic E-state index is 9.08. The van der Waals surface area contributed by atoms with E-state index in [2.05, 4.69) is 11.5 Å². The first-order valence-electron chi connectivity index (χ1n) is 6.26. The van der Waals surface area contributed by atoms with E-state index in [1.54, 1.807) is 21.3 Å². The van der Waals surface area contributed by atoms with Crippen molar-refractivity contribution < 1.29 is 30.8 Å².